The third-order valence-electron chi connectivity index (χ3n) is 3.96. The largest absolute Gasteiger partial charge is 0.383 e. The fourth-order valence-corrected chi connectivity index (χ4v) is 2.56. The highest BCUT2D eigenvalue weighted by Crippen LogP contribution is 2.49. The third kappa shape index (κ3) is 3.72. The number of rotatable bonds is 8. The van der Waals surface area contributed by atoms with Crippen LogP contribution >= 0.6 is 0 Å². The van der Waals surface area contributed by atoms with E-state index in [1.807, 2.05) is 0 Å². The molecular formula is C13H25NO2. The van der Waals surface area contributed by atoms with Gasteiger partial charge in [0.1, 0.15) is 0 Å². The van der Waals surface area contributed by atoms with Crippen molar-refractivity contribution in [3.8, 4) is 0 Å². The van der Waals surface area contributed by atoms with Crippen molar-refractivity contribution in [2.75, 3.05) is 33.4 Å². The Morgan fingerprint density at radius 1 is 1.44 bits per heavy atom. The number of hydrogen-bond donors (Lipinski definition) is 1. The van der Waals surface area contributed by atoms with Crippen LogP contribution in [0.3, 0.4) is 0 Å². The molecule has 94 valence electrons. The van der Waals surface area contributed by atoms with Crippen LogP contribution in [0.4, 0.5) is 0 Å². The van der Waals surface area contributed by atoms with Gasteiger partial charge in [0.25, 0.3) is 0 Å². The van der Waals surface area contributed by atoms with E-state index in [-0.39, 0.29) is 0 Å². The van der Waals surface area contributed by atoms with Crippen LogP contribution in [0.2, 0.25) is 0 Å². The lowest BCUT2D eigenvalue weighted by molar-refractivity contribution is 0.0964. The second-order valence-corrected chi connectivity index (χ2v) is 5.34. The van der Waals surface area contributed by atoms with E-state index in [4.69, 9.17) is 9.47 Å². The van der Waals surface area contributed by atoms with E-state index in [0.29, 0.717) is 11.5 Å². The van der Waals surface area contributed by atoms with E-state index >= 15 is 0 Å². The minimum Gasteiger partial charge on any atom is -0.383 e. The maximum atomic E-state index is 5.68. The van der Waals surface area contributed by atoms with E-state index < -0.39 is 0 Å². The number of methoxy groups -OCH3 is 1. The second-order valence-electron chi connectivity index (χ2n) is 5.34. The van der Waals surface area contributed by atoms with Crippen LogP contribution < -0.4 is 5.32 Å². The predicted molar refractivity (Wildman–Crippen MR) is 64.6 cm³/mol. The van der Waals surface area contributed by atoms with Gasteiger partial charge < -0.3 is 14.8 Å². The molecule has 1 saturated carbocycles. The summed E-state index contributed by atoms with van der Waals surface area (Å²) in [5.74, 6) is 0. The number of ether oxygens (including phenoxy) is 2. The first kappa shape index (κ1) is 12.3. The predicted octanol–water partition coefficient (Wildman–Crippen LogP) is 1.96. The number of hydrogen-bond acceptors (Lipinski definition) is 3. The summed E-state index contributed by atoms with van der Waals surface area (Å²) in [7, 11) is 1.76. The molecule has 1 atom stereocenters. The van der Waals surface area contributed by atoms with Gasteiger partial charge in [0, 0.05) is 26.8 Å². The summed E-state index contributed by atoms with van der Waals surface area (Å²) >= 11 is 0. The summed E-state index contributed by atoms with van der Waals surface area (Å²) in [5, 5.41) is 3.50. The third-order valence-corrected chi connectivity index (χ3v) is 3.96. The molecule has 0 amide bonds. The monoisotopic (exact) mass is 227 g/mol. The van der Waals surface area contributed by atoms with Gasteiger partial charge in [0.15, 0.2) is 0 Å². The molecule has 2 rings (SSSR count). The van der Waals surface area contributed by atoms with Gasteiger partial charge >= 0.3 is 0 Å². The lowest BCUT2D eigenvalue weighted by Crippen LogP contribution is -2.27. The van der Waals surface area contributed by atoms with Gasteiger partial charge in [0.05, 0.1) is 12.7 Å². The lowest BCUT2D eigenvalue weighted by atomic mass is 9.97. The molecule has 1 N–H and O–H groups in total. The zero-order valence-electron chi connectivity index (χ0n) is 10.5. The van der Waals surface area contributed by atoms with Crippen molar-refractivity contribution < 1.29 is 9.47 Å². The molecule has 16 heavy (non-hydrogen) atoms. The van der Waals surface area contributed by atoms with Gasteiger partial charge in [-0.3, -0.25) is 0 Å². The normalized spacial score (nSPS) is 27.2. The molecular weight excluding hydrogens is 202 g/mol. The van der Waals surface area contributed by atoms with Crippen LogP contribution in [0.1, 0.15) is 38.5 Å². The smallest absolute Gasteiger partial charge is 0.0587 e. The number of nitrogens with one attached hydrogen (secondary N) is 1. The zero-order chi connectivity index (χ0) is 11.3. The average Bonchev–Trinajstić information content (AvgIpc) is 2.87. The molecule has 0 bridgehead atoms. The molecule has 1 saturated heterocycles. The maximum Gasteiger partial charge on any atom is 0.0587 e. The topological polar surface area (TPSA) is 30.5 Å². The molecule has 3 heteroatoms. The van der Waals surface area contributed by atoms with Gasteiger partial charge in [0.2, 0.25) is 0 Å². The van der Waals surface area contributed by atoms with Crippen molar-refractivity contribution >= 4 is 0 Å². The van der Waals surface area contributed by atoms with Gasteiger partial charge in [-0.15, -0.1) is 0 Å². The Morgan fingerprint density at radius 3 is 2.94 bits per heavy atom. The summed E-state index contributed by atoms with van der Waals surface area (Å²) in [6.45, 7) is 3.97. The SMILES string of the molecule is COCCNCC1(CCC2CCCO2)CC1. The van der Waals surface area contributed by atoms with E-state index in [2.05, 4.69) is 5.32 Å². The summed E-state index contributed by atoms with van der Waals surface area (Å²) in [4.78, 5) is 0. The van der Waals surface area contributed by atoms with Crippen molar-refractivity contribution in [2.45, 2.75) is 44.6 Å². The van der Waals surface area contributed by atoms with Crippen LogP contribution in [-0.2, 0) is 9.47 Å². The highest BCUT2D eigenvalue weighted by molar-refractivity contribution is 4.95. The lowest BCUT2D eigenvalue weighted by Gasteiger charge is -2.18. The summed E-state index contributed by atoms with van der Waals surface area (Å²) < 4.78 is 10.7. The molecule has 0 radical (unpaired) electrons. The Balaban J connectivity index is 1.56. The minimum absolute atomic E-state index is 0.566. The summed E-state index contributed by atoms with van der Waals surface area (Å²) in [6, 6.07) is 0. The Hall–Kier alpha value is -0.120. The standard InChI is InChI=1S/C13H25NO2/c1-15-10-8-14-11-13(6-7-13)5-4-12-3-2-9-16-12/h12,14H,2-11H2,1H3. The van der Waals surface area contributed by atoms with E-state index in [1.165, 1.54) is 45.1 Å². The highest BCUT2D eigenvalue weighted by atomic mass is 16.5. The maximum absolute atomic E-state index is 5.68. The van der Waals surface area contributed by atoms with Crippen LogP contribution in [0.5, 0.6) is 0 Å². The average molecular weight is 227 g/mol. The minimum atomic E-state index is 0.566. The summed E-state index contributed by atoms with van der Waals surface area (Å²) in [5.41, 5.74) is 0.611. The van der Waals surface area contributed by atoms with Gasteiger partial charge in [-0.05, 0) is 43.9 Å². The molecule has 2 fully saturated rings. The Bertz CT molecular complexity index is 198. The van der Waals surface area contributed by atoms with Crippen molar-refractivity contribution in [1.82, 2.24) is 5.32 Å². The molecule has 0 aromatic rings. The molecule has 1 heterocycles. The summed E-state index contributed by atoms with van der Waals surface area (Å²) in [6.07, 6.45) is 8.54. The highest BCUT2D eigenvalue weighted by Gasteiger charge is 2.41. The van der Waals surface area contributed by atoms with Gasteiger partial charge in [-0.2, -0.15) is 0 Å². The zero-order valence-corrected chi connectivity index (χ0v) is 10.5. The van der Waals surface area contributed by atoms with Crippen LogP contribution in [0.15, 0.2) is 0 Å². The fourth-order valence-electron chi connectivity index (χ4n) is 2.56. The molecule has 1 unspecified atom stereocenters. The van der Waals surface area contributed by atoms with Crippen molar-refractivity contribution in [2.24, 2.45) is 5.41 Å². The first-order valence-electron chi connectivity index (χ1n) is 6.66. The van der Waals surface area contributed by atoms with Crippen LogP contribution in [-0.4, -0.2) is 39.5 Å². The van der Waals surface area contributed by atoms with Crippen molar-refractivity contribution in [3.63, 3.8) is 0 Å². The molecule has 3 nitrogen and oxygen atoms in total. The molecule has 0 aromatic carbocycles. The Kier molecular flexibility index (Phi) is 4.62. The first-order valence-corrected chi connectivity index (χ1v) is 6.66. The van der Waals surface area contributed by atoms with Crippen molar-refractivity contribution in [3.05, 3.63) is 0 Å². The van der Waals surface area contributed by atoms with Crippen molar-refractivity contribution in [1.29, 1.82) is 0 Å². The Labute approximate surface area is 98.9 Å². The molecule has 0 aromatic heterocycles. The quantitative estimate of drug-likeness (QED) is 0.643. The second kappa shape index (κ2) is 5.99. The van der Waals surface area contributed by atoms with Gasteiger partial charge in [-0.1, -0.05) is 0 Å². The molecule has 0 spiro atoms. The van der Waals surface area contributed by atoms with E-state index in [1.54, 1.807) is 7.11 Å². The molecule has 1 aliphatic carbocycles. The van der Waals surface area contributed by atoms with Crippen LogP contribution in [0.25, 0.3) is 0 Å². The van der Waals surface area contributed by atoms with Crippen LogP contribution in [0, 0.1) is 5.41 Å². The van der Waals surface area contributed by atoms with E-state index in [9.17, 15) is 0 Å². The molecule has 1 aliphatic heterocycles. The van der Waals surface area contributed by atoms with Gasteiger partial charge in [-0.25, -0.2) is 0 Å². The molecule has 2 aliphatic rings. The Morgan fingerprint density at radius 2 is 2.31 bits per heavy atom. The van der Waals surface area contributed by atoms with E-state index in [0.717, 1.165) is 19.8 Å². The first-order chi connectivity index (χ1) is 7.85. The fraction of sp³-hybridized carbons (Fsp3) is 1.00.